The first-order chi connectivity index (χ1) is 12.1. The van der Waals surface area contributed by atoms with Gasteiger partial charge in [-0.05, 0) is 19.4 Å². The Bertz CT molecular complexity index is 567. The van der Waals surface area contributed by atoms with E-state index in [1.54, 1.807) is 18.1 Å². The maximum atomic E-state index is 12.5. The van der Waals surface area contributed by atoms with E-state index in [2.05, 4.69) is 10.2 Å². The van der Waals surface area contributed by atoms with Gasteiger partial charge in [-0.25, -0.2) is 0 Å². The van der Waals surface area contributed by atoms with Crippen LogP contribution in [0.25, 0.3) is 0 Å². The highest BCUT2D eigenvalue weighted by Gasteiger charge is 2.28. The van der Waals surface area contributed by atoms with Crippen LogP contribution in [0.15, 0.2) is 16.7 Å². The van der Waals surface area contributed by atoms with Gasteiger partial charge in [-0.2, -0.15) is 0 Å². The third-order valence-corrected chi connectivity index (χ3v) is 4.46. The smallest absolute Gasteiger partial charge is 0.257 e. The first-order valence-electron chi connectivity index (χ1n) is 8.64. The van der Waals surface area contributed by atoms with Gasteiger partial charge in [0, 0.05) is 46.4 Å². The van der Waals surface area contributed by atoms with Crippen molar-refractivity contribution in [2.45, 2.75) is 25.9 Å². The maximum Gasteiger partial charge on any atom is 0.257 e. The van der Waals surface area contributed by atoms with E-state index in [1.807, 2.05) is 6.92 Å². The summed E-state index contributed by atoms with van der Waals surface area (Å²) >= 11 is 0. The van der Waals surface area contributed by atoms with Crippen LogP contribution in [0.3, 0.4) is 0 Å². The molecule has 140 valence electrons. The van der Waals surface area contributed by atoms with Crippen molar-refractivity contribution in [2.24, 2.45) is 5.73 Å². The lowest BCUT2D eigenvalue weighted by atomic mass is 10.2. The van der Waals surface area contributed by atoms with Crippen LogP contribution in [0.4, 0.5) is 0 Å². The lowest BCUT2D eigenvalue weighted by Gasteiger charge is -2.37. The standard InChI is InChI=1S/C17H28N4O4/c1-13(16(22)19-4-3-9-24-2)20-5-7-21(8-6-20)17(23)14-10-15(11-18)25-12-14/h10,12-13H,3-9,11,18H2,1-2H3,(H,19,22). The number of furan rings is 1. The predicted molar refractivity (Wildman–Crippen MR) is 93.0 cm³/mol. The molecule has 0 bridgehead atoms. The second-order valence-corrected chi connectivity index (χ2v) is 6.15. The van der Waals surface area contributed by atoms with Gasteiger partial charge in [-0.15, -0.1) is 0 Å². The quantitative estimate of drug-likeness (QED) is 0.641. The van der Waals surface area contributed by atoms with E-state index in [9.17, 15) is 9.59 Å². The van der Waals surface area contributed by atoms with Gasteiger partial charge in [0.05, 0.1) is 18.2 Å². The Balaban J connectivity index is 1.78. The van der Waals surface area contributed by atoms with Crippen molar-refractivity contribution in [1.29, 1.82) is 0 Å². The van der Waals surface area contributed by atoms with Crippen LogP contribution in [0.2, 0.25) is 0 Å². The molecule has 1 aliphatic rings. The molecule has 1 saturated heterocycles. The third kappa shape index (κ3) is 5.29. The predicted octanol–water partition coefficient (Wildman–Crippen LogP) is 0.0373. The molecule has 1 atom stereocenters. The molecule has 0 radical (unpaired) electrons. The zero-order valence-electron chi connectivity index (χ0n) is 15.0. The van der Waals surface area contributed by atoms with Gasteiger partial charge in [0.1, 0.15) is 12.0 Å². The lowest BCUT2D eigenvalue weighted by Crippen LogP contribution is -2.55. The lowest BCUT2D eigenvalue weighted by molar-refractivity contribution is -0.126. The van der Waals surface area contributed by atoms with Crippen LogP contribution in [0, 0.1) is 0 Å². The molecule has 1 aromatic heterocycles. The summed E-state index contributed by atoms with van der Waals surface area (Å²) in [6.07, 6.45) is 2.25. The molecule has 8 heteroatoms. The van der Waals surface area contributed by atoms with Crippen LogP contribution in [0.5, 0.6) is 0 Å². The van der Waals surface area contributed by atoms with Gasteiger partial charge >= 0.3 is 0 Å². The summed E-state index contributed by atoms with van der Waals surface area (Å²) < 4.78 is 10.2. The Morgan fingerprint density at radius 1 is 1.36 bits per heavy atom. The van der Waals surface area contributed by atoms with Crippen LogP contribution in [-0.2, 0) is 16.1 Å². The second kappa shape index (κ2) is 9.55. The zero-order chi connectivity index (χ0) is 18.2. The SMILES string of the molecule is COCCCNC(=O)C(C)N1CCN(C(=O)c2coc(CN)c2)CC1. The highest BCUT2D eigenvalue weighted by atomic mass is 16.5. The van der Waals surface area contributed by atoms with Crippen LogP contribution in [0.1, 0.15) is 29.5 Å². The monoisotopic (exact) mass is 352 g/mol. The highest BCUT2D eigenvalue weighted by molar-refractivity contribution is 5.94. The summed E-state index contributed by atoms with van der Waals surface area (Å²) in [6.45, 7) is 5.92. The summed E-state index contributed by atoms with van der Waals surface area (Å²) in [6, 6.07) is 1.47. The molecule has 0 aliphatic carbocycles. The van der Waals surface area contributed by atoms with E-state index in [-0.39, 0.29) is 24.4 Å². The van der Waals surface area contributed by atoms with Gasteiger partial charge < -0.3 is 25.1 Å². The number of nitrogens with zero attached hydrogens (tertiary/aromatic N) is 2. The summed E-state index contributed by atoms with van der Waals surface area (Å²) in [5.41, 5.74) is 6.03. The maximum absolute atomic E-state index is 12.5. The normalized spacial score (nSPS) is 16.7. The summed E-state index contributed by atoms with van der Waals surface area (Å²) in [5, 5.41) is 2.92. The molecule has 0 spiro atoms. The van der Waals surface area contributed by atoms with Crippen molar-refractivity contribution in [2.75, 3.05) is 46.4 Å². The third-order valence-electron chi connectivity index (χ3n) is 4.46. The Kier molecular flexibility index (Phi) is 7.42. The molecular formula is C17H28N4O4. The Morgan fingerprint density at radius 2 is 2.08 bits per heavy atom. The first-order valence-corrected chi connectivity index (χ1v) is 8.64. The zero-order valence-corrected chi connectivity index (χ0v) is 15.0. The van der Waals surface area contributed by atoms with Crippen LogP contribution in [-0.4, -0.2) is 74.1 Å². The van der Waals surface area contributed by atoms with E-state index in [0.29, 0.717) is 50.7 Å². The Hall–Kier alpha value is -1.90. The van der Waals surface area contributed by atoms with E-state index in [4.69, 9.17) is 14.9 Å². The van der Waals surface area contributed by atoms with Crippen molar-refractivity contribution in [3.8, 4) is 0 Å². The number of nitrogens with two attached hydrogens (primary N) is 1. The van der Waals surface area contributed by atoms with E-state index in [0.717, 1.165) is 6.42 Å². The van der Waals surface area contributed by atoms with Gasteiger partial charge in [-0.3, -0.25) is 14.5 Å². The molecule has 1 aliphatic heterocycles. The summed E-state index contributed by atoms with van der Waals surface area (Å²) in [4.78, 5) is 28.5. The van der Waals surface area contributed by atoms with Crippen molar-refractivity contribution in [1.82, 2.24) is 15.1 Å². The molecule has 8 nitrogen and oxygen atoms in total. The number of hydrogen-bond donors (Lipinski definition) is 2. The molecule has 1 fully saturated rings. The van der Waals surface area contributed by atoms with Crippen molar-refractivity contribution >= 4 is 11.8 Å². The van der Waals surface area contributed by atoms with Crippen molar-refractivity contribution in [3.05, 3.63) is 23.7 Å². The number of piperazine rings is 1. The number of ether oxygens (including phenoxy) is 1. The number of rotatable bonds is 8. The number of carbonyl (C=O) groups excluding carboxylic acids is 2. The fourth-order valence-electron chi connectivity index (χ4n) is 2.84. The minimum atomic E-state index is -0.211. The summed E-state index contributed by atoms with van der Waals surface area (Å²) in [7, 11) is 1.64. The Morgan fingerprint density at radius 3 is 2.68 bits per heavy atom. The molecular weight excluding hydrogens is 324 g/mol. The second-order valence-electron chi connectivity index (χ2n) is 6.15. The molecule has 3 N–H and O–H groups in total. The van der Waals surface area contributed by atoms with Gasteiger partial charge in [0.2, 0.25) is 5.91 Å². The fraction of sp³-hybridized carbons (Fsp3) is 0.647. The van der Waals surface area contributed by atoms with Gasteiger partial charge in [0.15, 0.2) is 0 Å². The van der Waals surface area contributed by atoms with E-state index < -0.39 is 0 Å². The largest absolute Gasteiger partial charge is 0.467 e. The minimum absolute atomic E-state index is 0.0123. The highest BCUT2D eigenvalue weighted by Crippen LogP contribution is 2.13. The molecule has 0 aromatic carbocycles. The number of hydrogen-bond acceptors (Lipinski definition) is 6. The summed E-state index contributed by atoms with van der Waals surface area (Å²) in [5.74, 6) is 0.554. The Labute approximate surface area is 148 Å². The average molecular weight is 352 g/mol. The molecule has 2 rings (SSSR count). The number of methoxy groups -OCH3 is 1. The molecule has 2 heterocycles. The topological polar surface area (TPSA) is 101 Å². The van der Waals surface area contributed by atoms with Crippen LogP contribution < -0.4 is 11.1 Å². The number of nitrogens with one attached hydrogen (secondary N) is 1. The molecule has 25 heavy (non-hydrogen) atoms. The first kappa shape index (κ1) is 19.4. The average Bonchev–Trinajstić information content (AvgIpc) is 3.13. The number of carbonyl (C=O) groups is 2. The van der Waals surface area contributed by atoms with Gasteiger partial charge in [-0.1, -0.05) is 0 Å². The number of amides is 2. The molecule has 1 unspecified atom stereocenters. The van der Waals surface area contributed by atoms with Gasteiger partial charge in [0.25, 0.3) is 5.91 Å². The van der Waals surface area contributed by atoms with E-state index in [1.165, 1.54) is 6.26 Å². The van der Waals surface area contributed by atoms with E-state index >= 15 is 0 Å². The fourth-order valence-corrected chi connectivity index (χ4v) is 2.84. The van der Waals surface area contributed by atoms with Crippen molar-refractivity contribution in [3.63, 3.8) is 0 Å². The van der Waals surface area contributed by atoms with Crippen molar-refractivity contribution < 1.29 is 18.7 Å². The molecule has 0 saturated carbocycles. The molecule has 2 amide bonds. The molecule has 1 aromatic rings. The van der Waals surface area contributed by atoms with Crippen LogP contribution >= 0.6 is 0 Å². The minimum Gasteiger partial charge on any atom is -0.467 e.